The van der Waals surface area contributed by atoms with Crippen LogP contribution in [0.3, 0.4) is 0 Å². The van der Waals surface area contributed by atoms with Gasteiger partial charge in [0.25, 0.3) is 5.91 Å². The molecule has 1 atom stereocenters. The van der Waals surface area contributed by atoms with Crippen molar-refractivity contribution in [1.29, 1.82) is 0 Å². The zero-order valence-electron chi connectivity index (χ0n) is 16.2. The van der Waals surface area contributed by atoms with Gasteiger partial charge in [-0.15, -0.1) is 0 Å². The molecule has 2 aliphatic rings. The van der Waals surface area contributed by atoms with Crippen LogP contribution in [0.2, 0.25) is 0 Å². The van der Waals surface area contributed by atoms with Crippen molar-refractivity contribution in [2.24, 2.45) is 5.92 Å². The van der Waals surface area contributed by atoms with Crippen LogP contribution >= 0.6 is 0 Å². The third-order valence-electron chi connectivity index (χ3n) is 5.74. The van der Waals surface area contributed by atoms with Crippen molar-refractivity contribution < 1.29 is 14.4 Å². The second kappa shape index (κ2) is 8.55. The number of rotatable bonds is 4. The first-order valence-electron chi connectivity index (χ1n) is 9.87. The van der Waals surface area contributed by atoms with Crippen LogP contribution in [-0.2, 0) is 9.59 Å². The number of amides is 3. The van der Waals surface area contributed by atoms with Crippen LogP contribution in [0.25, 0.3) is 0 Å². The highest BCUT2D eigenvalue weighted by Crippen LogP contribution is 2.24. The number of likely N-dealkylation sites (tertiary alicyclic amines) is 2. The first-order chi connectivity index (χ1) is 13.0. The van der Waals surface area contributed by atoms with E-state index in [1.807, 2.05) is 28.9 Å². The third-order valence-corrected chi connectivity index (χ3v) is 5.74. The maximum atomic E-state index is 13.1. The molecule has 2 aliphatic heterocycles. The summed E-state index contributed by atoms with van der Waals surface area (Å²) in [4.78, 5) is 41.1. The van der Waals surface area contributed by atoms with Crippen molar-refractivity contribution in [3.8, 4) is 0 Å². The van der Waals surface area contributed by atoms with Crippen LogP contribution in [0, 0.1) is 12.8 Å². The number of carbonyl (C=O) groups is 3. The number of benzene rings is 1. The summed E-state index contributed by atoms with van der Waals surface area (Å²) in [6.45, 7) is 6.37. The van der Waals surface area contributed by atoms with E-state index in [2.05, 4.69) is 5.32 Å². The van der Waals surface area contributed by atoms with E-state index >= 15 is 0 Å². The van der Waals surface area contributed by atoms with E-state index in [1.165, 1.54) is 0 Å². The van der Waals surface area contributed by atoms with Crippen molar-refractivity contribution >= 4 is 17.7 Å². The van der Waals surface area contributed by atoms with Crippen molar-refractivity contribution in [3.63, 3.8) is 0 Å². The summed E-state index contributed by atoms with van der Waals surface area (Å²) in [5.74, 6) is -0.0570. The molecule has 2 heterocycles. The molecule has 0 aromatic heterocycles. The number of nitrogens with one attached hydrogen (secondary N) is 1. The fourth-order valence-corrected chi connectivity index (χ4v) is 3.99. The number of aryl methyl sites for hydroxylation is 1. The topological polar surface area (TPSA) is 69.7 Å². The highest BCUT2D eigenvalue weighted by molar-refractivity contribution is 5.97. The van der Waals surface area contributed by atoms with Crippen molar-refractivity contribution in [2.75, 3.05) is 26.2 Å². The van der Waals surface area contributed by atoms with Gasteiger partial charge in [0, 0.05) is 38.7 Å². The van der Waals surface area contributed by atoms with E-state index in [0.717, 1.165) is 44.3 Å². The lowest BCUT2D eigenvalue weighted by molar-refractivity contribution is -0.134. The molecule has 0 radical (unpaired) electrons. The molecular formula is C21H29N3O3. The van der Waals surface area contributed by atoms with Crippen LogP contribution in [0.5, 0.6) is 0 Å². The summed E-state index contributed by atoms with van der Waals surface area (Å²) in [6.07, 6.45) is 3.51. The minimum Gasteiger partial charge on any atom is -0.343 e. The molecule has 6 heteroatoms. The Bertz CT molecular complexity index is 687. The van der Waals surface area contributed by atoms with E-state index < -0.39 is 6.04 Å². The van der Waals surface area contributed by atoms with Gasteiger partial charge in [0.1, 0.15) is 6.04 Å². The molecule has 1 aromatic carbocycles. The van der Waals surface area contributed by atoms with Crippen LogP contribution in [0.4, 0.5) is 0 Å². The number of nitrogens with zero attached hydrogens (tertiary/aromatic N) is 2. The van der Waals surface area contributed by atoms with Crippen LogP contribution < -0.4 is 5.32 Å². The van der Waals surface area contributed by atoms with E-state index in [0.29, 0.717) is 18.7 Å². The summed E-state index contributed by atoms with van der Waals surface area (Å²) in [5.41, 5.74) is 1.66. The van der Waals surface area contributed by atoms with Gasteiger partial charge in [0.2, 0.25) is 11.8 Å². The minimum absolute atomic E-state index is 0.0224. The molecule has 3 amide bonds. The lowest BCUT2D eigenvalue weighted by atomic mass is 9.88. The standard InChI is InChI=1S/C21H29N3O3/c1-15-5-7-18(8-6-15)20(26)22-19(21(27)24-11-3-4-12-24)17-9-13-23(14-10-17)16(2)25/h5-8,17,19H,3-4,9-14H2,1-2H3,(H,22,26). The van der Waals surface area contributed by atoms with Crippen molar-refractivity contribution in [3.05, 3.63) is 35.4 Å². The SMILES string of the molecule is CC(=O)N1CCC(C(NC(=O)c2ccc(C)cc2)C(=O)N2CCCC2)CC1. The van der Waals surface area contributed by atoms with Gasteiger partial charge < -0.3 is 15.1 Å². The van der Waals surface area contributed by atoms with Gasteiger partial charge in [-0.25, -0.2) is 0 Å². The quantitative estimate of drug-likeness (QED) is 0.880. The molecule has 2 fully saturated rings. The van der Waals surface area contributed by atoms with Gasteiger partial charge in [-0.3, -0.25) is 14.4 Å². The molecule has 0 aliphatic carbocycles. The second-order valence-electron chi connectivity index (χ2n) is 7.69. The second-order valence-corrected chi connectivity index (χ2v) is 7.69. The predicted molar refractivity (Wildman–Crippen MR) is 103 cm³/mol. The first-order valence-corrected chi connectivity index (χ1v) is 9.87. The molecule has 6 nitrogen and oxygen atoms in total. The Hall–Kier alpha value is -2.37. The van der Waals surface area contributed by atoms with Gasteiger partial charge in [-0.1, -0.05) is 17.7 Å². The highest BCUT2D eigenvalue weighted by atomic mass is 16.2. The fourth-order valence-electron chi connectivity index (χ4n) is 3.99. The molecule has 0 bridgehead atoms. The lowest BCUT2D eigenvalue weighted by Crippen LogP contribution is -2.54. The summed E-state index contributed by atoms with van der Waals surface area (Å²) in [6, 6.07) is 6.86. The Balaban J connectivity index is 1.73. The fraction of sp³-hybridized carbons (Fsp3) is 0.571. The average molecular weight is 371 g/mol. The largest absolute Gasteiger partial charge is 0.343 e. The summed E-state index contributed by atoms with van der Waals surface area (Å²) >= 11 is 0. The van der Waals surface area contributed by atoms with Gasteiger partial charge in [-0.2, -0.15) is 0 Å². The van der Waals surface area contributed by atoms with Gasteiger partial charge in [0.15, 0.2) is 0 Å². The highest BCUT2D eigenvalue weighted by Gasteiger charge is 2.36. The molecule has 0 spiro atoms. The summed E-state index contributed by atoms with van der Waals surface area (Å²) in [5, 5.41) is 3.01. The maximum Gasteiger partial charge on any atom is 0.251 e. The minimum atomic E-state index is -0.522. The molecule has 2 saturated heterocycles. The molecule has 27 heavy (non-hydrogen) atoms. The Labute approximate surface area is 160 Å². The Kier molecular flexibility index (Phi) is 6.14. The smallest absolute Gasteiger partial charge is 0.251 e. The average Bonchev–Trinajstić information content (AvgIpc) is 3.21. The van der Waals surface area contributed by atoms with Crippen LogP contribution in [0.15, 0.2) is 24.3 Å². The van der Waals surface area contributed by atoms with Crippen LogP contribution in [-0.4, -0.2) is 59.7 Å². The number of carbonyl (C=O) groups excluding carboxylic acids is 3. The van der Waals surface area contributed by atoms with Gasteiger partial charge >= 0.3 is 0 Å². The Morgan fingerprint density at radius 1 is 0.963 bits per heavy atom. The molecule has 1 aromatic rings. The molecule has 146 valence electrons. The monoisotopic (exact) mass is 371 g/mol. The normalized spacial score (nSPS) is 19.0. The van der Waals surface area contributed by atoms with Gasteiger partial charge in [-0.05, 0) is 50.7 Å². The van der Waals surface area contributed by atoms with Crippen LogP contribution in [0.1, 0.15) is 48.5 Å². The molecule has 1 unspecified atom stereocenters. The first kappa shape index (κ1) is 19.4. The van der Waals surface area contributed by atoms with E-state index in [9.17, 15) is 14.4 Å². The summed E-state index contributed by atoms with van der Waals surface area (Å²) in [7, 11) is 0. The molecule has 3 rings (SSSR count). The van der Waals surface area contributed by atoms with E-state index in [4.69, 9.17) is 0 Å². The zero-order valence-corrected chi connectivity index (χ0v) is 16.2. The number of piperidine rings is 1. The van der Waals surface area contributed by atoms with Crippen molar-refractivity contribution in [2.45, 2.75) is 45.6 Å². The van der Waals surface area contributed by atoms with E-state index in [-0.39, 0.29) is 23.6 Å². The number of hydrogen-bond acceptors (Lipinski definition) is 3. The molecular weight excluding hydrogens is 342 g/mol. The summed E-state index contributed by atoms with van der Waals surface area (Å²) < 4.78 is 0. The number of hydrogen-bond donors (Lipinski definition) is 1. The lowest BCUT2D eigenvalue weighted by Gasteiger charge is -2.36. The molecule has 1 N–H and O–H groups in total. The van der Waals surface area contributed by atoms with Gasteiger partial charge in [0.05, 0.1) is 0 Å². The van der Waals surface area contributed by atoms with Crippen molar-refractivity contribution in [1.82, 2.24) is 15.1 Å². The maximum absolute atomic E-state index is 13.1. The molecule has 0 saturated carbocycles. The Morgan fingerprint density at radius 3 is 2.11 bits per heavy atom. The van der Waals surface area contributed by atoms with E-state index in [1.54, 1.807) is 19.1 Å². The zero-order chi connectivity index (χ0) is 19.4. The third kappa shape index (κ3) is 4.67. The Morgan fingerprint density at radius 2 is 1.56 bits per heavy atom. The predicted octanol–water partition coefficient (Wildman–Crippen LogP) is 1.97.